The van der Waals surface area contributed by atoms with Gasteiger partial charge in [-0.1, -0.05) is 46.0 Å². The first-order valence-corrected chi connectivity index (χ1v) is 9.65. The van der Waals surface area contributed by atoms with Crippen LogP contribution in [0, 0.1) is 35.5 Å². The van der Waals surface area contributed by atoms with Gasteiger partial charge in [0.2, 0.25) is 0 Å². The van der Waals surface area contributed by atoms with Crippen molar-refractivity contribution in [3.8, 4) is 0 Å². The Morgan fingerprint density at radius 2 is 1.43 bits per heavy atom. The van der Waals surface area contributed by atoms with Crippen LogP contribution < -0.4 is 11.3 Å². The molecule has 7 atom stereocenters. The van der Waals surface area contributed by atoms with Crippen LogP contribution in [0.4, 0.5) is 0 Å². The van der Waals surface area contributed by atoms with Crippen molar-refractivity contribution in [3.63, 3.8) is 0 Å². The van der Waals surface area contributed by atoms with Gasteiger partial charge in [-0.25, -0.2) is 0 Å². The molecule has 3 aliphatic carbocycles. The molecule has 0 radical (unpaired) electrons. The van der Waals surface area contributed by atoms with Crippen molar-refractivity contribution < 1.29 is 0 Å². The van der Waals surface area contributed by atoms with E-state index in [0.717, 1.165) is 35.5 Å². The van der Waals surface area contributed by atoms with Crippen molar-refractivity contribution in [1.82, 2.24) is 5.43 Å². The van der Waals surface area contributed by atoms with Crippen LogP contribution in [0.25, 0.3) is 0 Å². The average molecular weight is 293 g/mol. The smallest absolute Gasteiger partial charge is 0.0267 e. The quantitative estimate of drug-likeness (QED) is 0.594. The van der Waals surface area contributed by atoms with Crippen molar-refractivity contribution in [1.29, 1.82) is 0 Å². The van der Waals surface area contributed by atoms with Gasteiger partial charge in [-0.05, 0) is 67.6 Å². The maximum atomic E-state index is 6.03. The van der Waals surface area contributed by atoms with Gasteiger partial charge in [-0.2, -0.15) is 0 Å². The second-order valence-corrected chi connectivity index (χ2v) is 8.60. The Morgan fingerprint density at radius 1 is 0.762 bits per heavy atom. The monoisotopic (exact) mass is 292 g/mol. The van der Waals surface area contributed by atoms with Crippen molar-refractivity contribution in [2.45, 2.75) is 84.1 Å². The van der Waals surface area contributed by atoms with Gasteiger partial charge >= 0.3 is 0 Å². The second kappa shape index (κ2) is 7.00. The van der Waals surface area contributed by atoms with Crippen molar-refractivity contribution in [2.24, 2.45) is 41.4 Å². The van der Waals surface area contributed by atoms with E-state index in [1.165, 1.54) is 64.2 Å². The Morgan fingerprint density at radius 3 is 2.14 bits per heavy atom. The fourth-order valence-electron chi connectivity index (χ4n) is 5.81. The highest BCUT2D eigenvalue weighted by atomic mass is 15.2. The van der Waals surface area contributed by atoms with Crippen LogP contribution in [-0.4, -0.2) is 6.04 Å². The molecule has 0 saturated heterocycles. The molecule has 0 amide bonds. The number of fused-ring (bicyclic) bond motifs is 1. The molecule has 0 aliphatic heterocycles. The molecule has 0 aromatic rings. The van der Waals surface area contributed by atoms with Crippen molar-refractivity contribution >= 4 is 0 Å². The summed E-state index contributed by atoms with van der Waals surface area (Å²) >= 11 is 0. The van der Waals surface area contributed by atoms with Crippen LogP contribution in [0.1, 0.15) is 78.1 Å². The molecule has 7 unspecified atom stereocenters. The van der Waals surface area contributed by atoms with Gasteiger partial charge in [-0.15, -0.1) is 0 Å². The first-order chi connectivity index (χ1) is 10.2. The van der Waals surface area contributed by atoms with Crippen LogP contribution >= 0.6 is 0 Å². The summed E-state index contributed by atoms with van der Waals surface area (Å²) in [5.41, 5.74) is 3.27. The van der Waals surface area contributed by atoms with Gasteiger partial charge in [0.1, 0.15) is 0 Å². The van der Waals surface area contributed by atoms with Gasteiger partial charge in [0, 0.05) is 6.04 Å². The topological polar surface area (TPSA) is 38.0 Å². The molecular weight excluding hydrogens is 256 g/mol. The van der Waals surface area contributed by atoms with Crippen LogP contribution in [0.3, 0.4) is 0 Å². The number of rotatable bonds is 3. The van der Waals surface area contributed by atoms with Gasteiger partial charge in [0.25, 0.3) is 0 Å². The largest absolute Gasteiger partial charge is 0.271 e. The Balaban J connectivity index is 1.60. The third-order valence-corrected chi connectivity index (χ3v) is 7.43. The zero-order valence-electron chi connectivity index (χ0n) is 14.2. The average Bonchev–Trinajstić information content (AvgIpc) is 2.51. The van der Waals surface area contributed by atoms with Crippen LogP contribution in [0.2, 0.25) is 0 Å². The molecule has 21 heavy (non-hydrogen) atoms. The molecule has 0 heterocycles. The predicted molar refractivity (Wildman–Crippen MR) is 89.6 cm³/mol. The summed E-state index contributed by atoms with van der Waals surface area (Å²) in [4.78, 5) is 0. The first kappa shape index (κ1) is 15.8. The van der Waals surface area contributed by atoms with Crippen molar-refractivity contribution in [2.75, 3.05) is 0 Å². The normalized spacial score (nSPS) is 45.9. The van der Waals surface area contributed by atoms with E-state index in [1.54, 1.807) is 0 Å². The lowest BCUT2D eigenvalue weighted by Gasteiger charge is -2.45. The van der Waals surface area contributed by atoms with Gasteiger partial charge in [-0.3, -0.25) is 11.3 Å². The number of nitrogens with two attached hydrogens (primary N) is 1. The van der Waals surface area contributed by atoms with E-state index in [0.29, 0.717) is 6.04 Å². The minimum Gasteiger partial charge on any atom is -0.271 e. The molecule has 3 rings (SSSR count). The molecule has 3 saturated carbocycles. The van der Waals surface area contributed by atoms with E-state index in [4.69, 9.17) is 5.84 Å². The SMILES string of the molecule is CC1CCC(C(NN)C2CCC3CCCCC3C2)CC1C. The zero-order chi connectivity index (χ0) is 14.8. The van der Waals surface area contributed by atoms with E-state index in [1.807, 2.05) is 0 Å². The van der Waals surface area contributed by atoms with E-state index in [-0.39, 0.29) is 0 Å². The summed E-state index contributed by atoms with van der Waals surface area (Å²) < 4.78 is 0. The van der Waals surface area contributed by atoms with Crippen molar-refractivity contribution in [3.05, 3.63) is 0 Å². The number of hydrogen-bond acceptors (Lipinski definition) is 2. The Kier molecular flexibility index (Phi) is 5.27. The summed E-state index contributed by atoms with van der Waals surface area (Å²) in [7, 11) is 0. The number of hydrazine groups is 1. The highest BCUT2D eigenvalue weighted by Gasteiger charge is 2.39. The first-order valence-electron chi connectivity index (χ1n) is 9.65. The summed E-state index contributed by atoms with van der Waals surface area (Å²) in [6.07, 6.45) is 14.5. The molecular formula is C19H36N2. The molecule has 0 bridgehead atoms. The molecule has 2 heteroatoms. The van der Waals surface area contributed by atoms with Crippen LogP contribution in [0.15, 0.2) is 0 Å². The summed E-state index contributed by atoms with van der Waals surface area (Å²) in [6, 6.07) is 0.586. The maximum absolute atomic E-state index is 6.03. The molecule has 0 aromatic carbocycles. The standard InChI is InChI=1S/C19H36N2/c1-13-7-8-17(11-14(13)2)19(21-20)18-10-9-15-5-3-4-6-16(15)12-18/h13-19,21H,3-12,20H2,1-2H3. The lowest BCUT2D eigenvalue weighted by molar-refractivity contribution is 0.0712. The second-order valence-electron chi connectivity index (χ2n) is 8.60. The third-order valence-electron chi connectivity index (χ3n) is 7.43. The highest BCUT2D eigenvalue weighted by Crippen LogP contribution is 2.46. The summed E-state index contributed by atoms with van der Waals surface area (Å²) in [5, 5.41) is 0. The molecule has 2 nitrogen and oxygen atoms in total. The molecule has 3 fully saturated rings. The summed E-state index contributed by atoms with van der Waals surface area (Å²) in [5.74, 6) is 11.6. The molecule has 122 valence electrons. The molecule has 3 aliphatic rings. The minimum absolute atomic E-state index is 0.586. The van der Waals surface area contributed by atoms with Crippen LogP contribution in [-0.2, 0) is 0 Å². The van der Waals surface area contributed by atoms with E-state index in [9.17, 15) is 0 Å². The van der Waals surface area contributed by atoms with E-state index >= 15 is 0 Å². The Labute approximate surface area is 131 Å². The lowest BCUT2D eigenvalue weighted by atomic mass is 9.63. The fourth-order valence-corrected chi connectivity index (χ4v) is 5.81. The van der Waals surface area contributed by atoms with Gasteiger partial charge < -0.3 is 0 Å². The predicted octanol–water partition coefficient (Wildman–Crippen LogP) is 4.50. The van der Waals surface area contributed by atoms with Gasteiger partial charge in [0.15, 0.2) is 0 Å². The molecule has 0 spiro atoms. The third kappa shape index (κ3) is 3.47. The fraction of sp³-hybridized carbons (Fsp3) is 1.00. The summed E-state index contributed by atoms with van der Waals surface area (Å²) in [6.45, 7) is 4.88. The highest BCUT2D eigenvalue weighted by molar-refractivity contribution is 4.92. The lowest BCUT2D eigenvalue weighted by Crippen LogP contribution is -2.50. The number of nitrogens with one attached hydrogen (secondary N) is 1. The Hall–Kier alpha value is -0.0800. The maximum Gasteiger partial charge on any atom is 0.0267 e. The molecule has 0 aromatic heterocycles. The van der Waals surface area contributed by atoms with E-state index < -0.39 is 0 Å². The van der Waals surface area contributed by atoms with E-state index in [2.05, 4.69) is 19.3 Å². The van der Waals surface area contributed by atoms with Crippen LogP contribution in [0.5, 0.6) is 0 Å². The number of hydrogen-bond donors (Lipinski definition) is 2. The van der Waals surface area contributed by atoms with Gasteiger partial charge in [0.05, 0.1) is 0 Å². The molecule has 3 N–H and O–H groups in total. The Bertz CT molecular complexity index is 330. The minimum atomic E-state index is 0.586. The zero-order valence-corrected chi connectivity index (χ0v) is 14.2.